The second-order valence-electron chi connectivity index (χ2n) is 13.5. The van der Waals surface area contributed by atoms with Crippen molar-refractivity contribution in [2.24, 2.45) is 0 Å². The van der Waals surface area contributed by atoms with Crippen molar-refractivity contribution < 1.29 is 47.9 Å². The fourth-order valence-electron chi connectivity index (χ4n) is 5.62. The molecule has 0 radical (unpaired) electrons. The number of carbonyl (C=O) groups is 2. The smallest absolute Gasteiger partial charge is 0.339 e. The Hall–Kier alpha value is -6.09. The number of benzene rings is 4. The van der Waals surface area contributed by atoms with Gasteiger partial charge >= 0.3 is 12.0 Å². The van der Waals surface area contributed by atoms with Gasteiger partial charge in [-0.05, 0) is 41.3 Å². The summed E-state index contributed by atoms with van der Waals surface area (Å²) in [5, 5.41) is 20.3. The lowest BCUT2D eigenvalue weighted by atomic mass is 9.85. The summed E-state index contributed by atoms with van der Waals surface area (Å²) < 4.78 is 39.1. The van der Waals surface area contributed by atoms with Crippen molar-refractivity contribution in [1.29, 1.82) is 0 Å². The summed E-state index contributed by atoms with van der Waals surface area (Å²) in [5.41, 5.74) is 1.74. The van der Waals surface area contributed by atoms with Crippen LogP contribution in [0, 0.1) is 0 Å². The Labute approximate surface area is 326 Å². The molecule has 0 saturated carbocycles. The van der Waals surface area contributed by atoms with Crippen LogP contribution in [0.5, 0.6) is 28.7 Å². The number of amides is 2. The third-order valence-corrected chi connectivity index (χ3v) is 8.42. The first-order chi connectivity index (χ1) is 27.0. The Morgan fingerprint density at radius 1 is 0.714 bits per heavy atom. The lowest BCUT2D eigenvalue weighted by Crippen LogP contribution is -2.22. The summed E-state index contributed by atoms with van der Waals surface area (Å²) in [7, 11) is 4.58. The van der Waals surface area contributed by atoms with Crippen LogP contribution in [0.4, 0.5) is 27.7 Å². The van der Waals surface area contributed by atoms with Crippen molar-refractivity contribution in [3.8, 4) is 28.7 Å². The molecule has 14 nitrogen and oxygen atoms in total. The molecule has 2 amide bonds. The van der Waals surface area contributed by atoms with Crippen LogP contribution in [0.25, 0.3) is 10.8 Å². The van der Waals surface area contributed by atoms with Crippen LogP contribution in [-0.4, -0.2) is 83.1 Å². The maximum Gasteiger partial charge on any atom is 0.339 e. The van der Waals surface area contributed by atoms with E-state index in [1.54, 1.807) is 62.9 Å². The molecule has 5 rings (SSSR count). The van der Waals surface area contributed by atoms with Gasteiger partial charge < -0.3 is 54.2 Å². The molecule has 1 heterocycles. The van der Waals surface area contributed by atoms with Crippen molar-refractivity contribution in [1.82, 2.24) is 4.98 Å². The minimum atomic E-state index is -1.16. The first kappa shape index (κ1) is 41.1. The third kappa shape index (κ3) is 11.2. The van der Waals surface area contributed by atoms with Gasteiger partial charge in [0.1, 0.15) is 41.0 Å². The maximum atomic E-state index is 13.4. The lowest BCUT2D eigenvalue weighted by molar-refractivity contribution is 0.0179. The summed E-state index contributed by atoms with van der Waals surface area (Å²) in [6, 6.07) is 22.7. The van der Waals surface area contributed by atoms with Crippen molar-refractivity contribution >= 4 is 45.7 Å². The minimum absolute atomic E-state index is 0.0485. The van der Waals surface area contributed by atoms with Crippen molar-refractivity contribution in [2.75, 3.05) is 76.9 Å². The monoisotopic (exact) mass is 768 g/mol. The number of urea groups is 1. The molecular formula is C42H48N4O10. The zero-order chi connectivity index (χ0) is 40.1. The molecule has 0 spiro atoms. The van der Waals surface area contributed by atoms with Crippen LogP contribution >= 0.6 is 0 Å². The Morgan fingerprint density at radius 3 is 2.11 bits per heavy atom. The minimum Gasteiger partial charge on any atom is -0.497 e. The topological polar surface area (TPSA) is 168 Å². The Balaban J connectivity index is 1.27. The number of anilines is 4. The van der Waals surface area contributed by atoms with Gasteiger partial charge in [0.05, 0.1) is 58.6 Å². The van der Waals surface area contributed by atoms with Gasteiger partial charge in [-0.25, -0.2) is 14.6 Å². The van der Waals surface area contributed by atoms with Gasteiger partial charge in [0.25, 0.3) is 0 Å². The largest absolute Gasteiger partial charge is 0.497 e. The molecule has 0 fully saturated rings. The number of rotatable bonds is 19. The number of nitrogens with zero attached hydrogens (tertiary/aromatic N) is 1. The van der Waals surface area contributed by atoms with Crippen LogP contribution < -0.4 is 34.9 Å². The molecule has 0 bridgehead atoms. The van der Waals surface area contributed by atoms with Crippen molar-refractivity contribution in [2.45, 2.75) is 26.2 Å². The van der Waals surface area contributed by atoms with Gasteiger partial charge in [0.2, 0.25) is 0 Å². The van der Waals surface area contributed by atoms with Crippen molar-refractivity contribution in [3.63, 3.8) is 0 Å². The highest BCUT2D eigenvalue weighted by atomic mass is 16.6. The highest BCUT2D eigenvalue weighted by molar-refractivity contribution is 6.08. The van der Waals surface area contributed by atoms with Gasteiger partial charge in [-0.1, -0.05) is 45.0 Å². The molecule has 1 aromatic heterocycles. The number of fused-ring (bicyclic) bond motifs is 1. The van der Waals surface area contributed by atoms with E-state index in [4.69, 9.17) is 33.2 Å². The summed E-state index contributed by atoms with van der Waals surface area (Å²) in [5.74, 6) is 1.68. The number of carboxylic acids is 1. The van der Waals surface area contributed by atoms with E-state index in [-0.39, 0.29) is 22.4 Å². The average molecular weight is 769 g/mol. The molecule has 5 aromatic rings. The van der Waals surface area contributed by atoms with Gasteiger partial charge in [-0.15, -0.1) is 0 Å². The van der Waals surface area contributed by atoms with E-state index < -0.39 is 12.0 Å². The zero-order valence-corrected chi connectivity index (χ0v) is 32.4. The highest BCUT2D eigenvalue weighted by Gasteiger charge is 2.24. The molecule has 56 heavy (non-hydrogen) atoms. The van der Waals surface area contributed by atoms with Crippen LogP contribution in [-0.2, 0) is 19.6 Å². The third-order valence-electron chi connectivity index (χ3n) is 8.42. The molecule has 0 saturated heterocycles. The summed E-state index contributed by atoms with van der Waals surface area (Å²) in [4.78, 5) is 29.9. The number of hydrogen-bond acceptors (Lipinski definition) is 11. The normalized spacial score (nSPS) is 11.2. The van der Waals surface area contributed by atoms with Gasteiger partial charge in [-0.3, -0.25) is 0 Å². The number of ether oxygens (including phenoxy) is 7. The quantitative estimate of drug-likeness (QED) is 0.0593. The van der Waals surface area contributed by atoms with Gasteiger partial charge in [-0.2, -0.15) is 0 Å². The van der Waals surface area contributed by atoms with Crippen LogP contribution in [0.2, 0.25) is 0 Å². The average Bonchev–Trinajstić information content (AvgIpc) is 3.17. The van der Waals surface area contributed by atoms with E-state index in [1.807, 2.05) is 57.2 Å². The van der Waals surface area contributed by atoms with E-state index in [9.17, 15) is 14.7 Å². The molecule has 14 heteroatoms. The van der Waals surface area contributed by atoms with Crippen molar-refractivity contribution in [3.05, 3.63) is 96.2 Å². The summed E-state index contributed by atoms with van der Waals surface area (Å²) >= 11 is 0. The van der Waals surface area contributed by atoms with E-state index in [1.165, 1.54) is 7.11 Å². The molecular weight excluding hydrogens is 720 g/mol. The van der Waals surface area contributed by atoms with Crippen LogP contribution in [0.1, 0.15) is 36.7 Å². The second kappa shape index (κ2) is 19.5. The SMILES string of the molecule is COCCOCCOCCOc1cc(Nc2cc(Oc3ccc(NC(=O)Nc4cc(C(C)(C)C)cc(C(=O)O)c4OC)c4ccccc34)ccn2)cc(OC)c1. The predicted octanol–water partition coefficient (Wildman–Crippen LogP) is 8.49. The highest BCUT2D eigenvalue weighted by Crippen LogP contribution is 2.38. The molecule has 4 aromatic carbocycles. The number of nitrogens with one attached hydrogen (secondary N) is 3. The zero-order valence-electron chi connectivity index (χ0n) is 32.4. The van der Waals surface area contributed by atoms with E-state index in [2.05, 4.69) is 20.9 Å². The Bertz CT molecular complexity index is 2120. The lowest BCUT2D eigenvalue weighted by Gasteiger charge is -2.23. The number of carboxylic acid groups (broad SMARTS) is 1. The van der Waals surface area contributed by atoms with Crippen LogP contribution in [0.15, 0.2) is 85.1 Å². The molecule has 0 atom stereocenters. The fourth-order valence-corrected chi connectivity index (χ4v) is 5.62. The van der Waals surface area contributed by atoms with E-state index in [0.29, 0.717) is 79.8 Å². The molecule has 0 aliphatic heterocycles. The van der Waals surface area contributed by atoms with Gasteiger partial charge in [0, 0.05) is 54.0 Å². The van der Waals surface area contributed by atoms with Gasteiger partial charge in [0.15, 0.2) is 5.75 Å². The van der Waals surface area contributed by atoms with E-state index in [0.717, 1.165) is 16.3 Å². The number of carbonyl (C=O) groups excluding carboxylic acids is 1. The predicted molar refractivity (Wildman–Crippen MR) is 215 cm³/mol. The fraction of sp³-hybridized carbons (Fsp3) is 0.310. The maximum absolute atomic E-state index is 13.4. The molecule has 4 N–H and O–H groups in total. The second-order valence-corrected chi connectivity index (χ2v) is 13.5. The number of pyridine rings is 1. The standard InChI is InChI=1S/C42H48N4O10/c1-42(2,3)27-21-34(40(47)48)39(52-6)36(22-27)46-41(49)45-35-11-12-37(33-10-8-7-9-32(33)35)56-29-13-14-43-38(26-29)44-28-23-30(51-5)25-31(24-28)55-20-19-54-18-17-53-16-15-50-4/h7-14,21-26H,15-20H2,1-6H3,(H,43,44)(H,47,48)(H2,45,46,49). The molecule has 0 unspecified atom stereocenters. The Kier molecular flexibility index (Phi) is 14.3. The number of methoxy groups -OCH3 is 3. The Morgan fingerprint density at radius 2 is 1.41 bits per heavy atom. The number of aromatic carboxylic acids is 1. The number of aromatic nitrogens is 1. The summed E-state index contributed by atoms with van der Waals surface area (Å²) in [6.07, 6.45) is 1.63. The molecule has 0 aliphatic carbocycles. The first-order valence-electron chi connectivity index (χ1n) is 17.9. The van der Waals surface area contributed by atoms with Crippen LogP contribution in [0.3, 0.4) is 0 Å². The van der Waals surface area contributed by atoms with E-state index >= 15 is 0 Å². The first-order valence-corrected chi connectivity index (χ1v) is 17.9. The summed E-state index contributed by atoms with van der Waals surface area (Å²) in [6.45, 7) is 8.61. The molecule has 0 aliphatic rings. The number of hydrogen-bond donors (Lipinski definition) is 4. The molecule has 296 valence electrons.